The van der Waals surface area contributed by atoms with Gasteiger partial charge in [0.05, 0.1) is 37.7 Å². The summed E-state index contributed by atoms with van der Waals surface area (Å²) in [6, 6.07) is 17.8. The van der Waals surface area contributed by atoms with Gasteiger partial charge in [-0.25, -0.2) is 4.98 Å². The molecule has 4 aromatic carbocycles. The van der Waals surface area contributed by atoms with Crippen LogP contribution in [0.5, 0.6) is 0 Å². The van der Waals surface area contributed by atoms with Crippen molar-refractivity contribution in [2.24, 2.45) is 16.6 Å². The van der Waals surface area contributed by atoms with Crippen molar-refractivity contribution in [3.63, 3.8) is 0 Å². The van der Waals surface area contributed by atoms with Crippen LogP contribution < -0.4 is 102 Å². The van der Waals surface area contributed by atoms with Gasteiger partial charge < -0.3 is 107 Å². The van der Waals surface area contributed by atoms with Crippen LogP contribution in [0.2, 0.25) is 0 Å². The fourth-order valence-electron chi connectivity index (χ4n) is 13.0. The number of nitrogens with two attached hydrogens (primary N) is 2. The lowest BCUT2D eigenvalue weighted by atomic mass is 10.0. The predicted molar refractivity (Wildman–Crippen MR) is 453 cm³/mol. The maximum absolute atomic E-state index is 14.8. The molecule has 45 heteroatoms. The van der Waals surface area contributed by atoms with Crippen molar-refractivity contribution in [2.75, 3.05) is 44.7 Å². The van der Waals surface area contributed by atoms with Crippen LogP contribution in [0.3, 0.4) is 0 Å². The van der Waals surface area contributed by atoms with Crippen molar-refractivity contribution in [1.29, 1.82) is 10.8 Å². The van der Waals surface area contributed by atoms with E-state index >= 15 is 0 Å². The Hall–Kier alpha value is -14.5. The van der Waals surface area contributed by atoms with Crippen LogP contribution in [-0.4, -0.2) is 241 Å². The summed E-state index contributed by atoms with van der Waals surface area (Å²) in [6.45, 7) is -1.76. The van der Waals surface area contributed by atoms with Crippen LogP contribution in [0, 0.1) is 10.8 Å². The first-order valence-corrected chi connectivity index (χ1v) is 41.8. The van der Waals surface area contributed by atoms with E-state index in [-0.39, 0.29) is 133 Å². The van der Waals surface area contributed by atoms with Crippen LogP contribution in [0.25, 0.3) is 0 Å². The van der Waals surface area contributed by atoms with Crippen LogP contribution in [0.15, 0.2) is 144 Å². The number of carbonyl (C=O) groups is 16. The molecule has 44 nitrogen and oxygen atoms in total. The Morgan fingerprint density at radius 1 is 0.468 bits per heavy atom. The van der Waals surface area contributed by atoms with E-state index in [1.165, 1.54) is 36.4 Å². The minimum atomic E-state index is -4.62. The third-order valence-corrected chi connectivity index (χ3v) is 20.4. The van der Waals surface area contributed by atoms with E-state index in [4.69, 9.17) is 22.3 Å². The predicted octanol–water partition coefficient (Wildman–Crippen LogP) is -3.95. The van der Waals surface area contributed by atoms with E-state index in [0.29, 0.717) is 16.7 Å². The van der Waals surface area contributed by atoms with Crippen LogP contribution >= 0.6 is 0 Å². The van der Waals surface area contributed by atoms with E-state index in [2.05, 4.69) is 101 Å². The van der Waals surface area contributed by atoms with Crippen molar-refractivity contribution < 1.29 is 99.9 Å². The topological polar surface area (TPSA) is 697 Å². The fourth-order valence-corrected chi connectivity index (χ4v) is 13.7. The summed E-state index contributed by atoms with van der Waals surface area (Å²) in [4.78, 5) is 225. The van der Waals surface area contributed by atoms with Gasteiger partial charge in [0.15, 0.2) is 11.9 Å². The number of hydrogen-bond acceptors (Lipinski definition) is 23. The number of nitrogens with one attached hydrogen (secondary N) is 19. The second-order valence-electron chi connectivity index (χ2n) is 29.3. The van der Waals surface area contributed by atoms with Gasteiger partial charge in [0.2, 0.25) is 76.8 Å². The normalized spacial score (nSPS) is 19.3. The Morgan fingerprint density at radius 3 is 1.33 bits per heavy atom. The van der Waals surface area contributed by atoms with Gasteiger partial charge in [-0.1, -0.05) is 109 Å². The monoisotopic (exact) mass is 1770 g/mol. The van der Waals surface area contributed by atoms with Gasteiger partial charge in [-0.05, 0) is 106 Å². The molecule has 14 amide bonds. The highest BCUT2D eigenvalue weighted by Crippen LogP contribution is 2.17. The third-order valence-electron chi connectivity index (χ3n) is 19.5. The first-order valence-electron chi connectivity index (χ1n) is 40.3. The van der Waals surface area contributed by atoms with E-state index in [1.54, 1.807) is 91.0 Å². The quantitative estimate of drug-likeness (QED) is 0.00585. The average Bonchev–Trinajstić information content (AvgIpc) is 0.988. The van der Waals surface area contributed by atoms with Gasteiger partial charge in [0, 0.05) is 63.6 Å². The minimum absolute atomic E-state index is 0.00335. The number of carboxylic acid groups (broad SMARTS) is 2. The molecule has 2 unspecified atom stereocenters. The molecule has 7 rings (SSSR count). The number of hydrazone groups is 1. The molecule has 0 saturated carbocycles. The molecule has 0 spiro atoms. The van der Waals surface area contributed by atoms with E-state index in [1.807, 2.05) is 0 Å². The molecule has 2 saturated heterocycles. The van der Waals surface area contributed by atoms with E-state index in [9.17, 15) is 99.9 Å². The van der Waals surface area contributed by atoms with Gasteiger partial charge in [-0.3, -0.25) is 97.5 Å². The Morgan fingerprint density at radius 2 is 0.881 bits per heavy atom. The summed E-state index contributed by atoms with van der Waals surface area (Å²) < 4.78 is 33.6. The lowest BCUT2D eigenvalue weighted by molar-refractivity contribution is -0.141. The van der Waals surface area contributed by atoms with Crippen molar-refractivity contribution in [2.45, 2.75) is 174 Å². The third kappa shape index (κ3) is 35.1. The number of nitrogens with zero attached hydrogens (tertiary/aromatic N) is 2. The maximum Gasteiger partial charge on any atom is 0.305 e. The van der Waals surface area contributed by atoms with Crippen molar-refractivity contribution >= 4 is 129 Å². The zero-order valence-corrected chi connectivity index (χ0v) is 69.3. The van der Waals surface area contributed by atoms with Crippen LogP contribution in [0.1, 0.15) is 123 Å². The summed E-state index contributed by atoms with van der Waals surface area (Å²) in [5, 5.41) is 79.5. The summed E-state index contributed by atoms with van der Waals surface area (Å²) in [5.74, 6) is -16.6. The lowest BCUT2D eigenvalue weighted by Crippen LogP contribution is -2.58. The summed E-state index contributed by atoms with van der Waals surface area (Å²) in [5.41, 5.74) is 15.1. The highest BCUT2D eigenvalue weighted by Gasteiger charge is 2.37. The second kappa shape index (κ2) is 50.8. The molecule has 2 fully saturated rings. The number of aromatic nitrogens is 1. The minimum Gasteiger partial charge on any atom is -0.481 e. The molecule has 126 heavy (non-hydrogen) atoms. The molecule has 10 atom stereocenters. The summed E-state index contributed by atoms with van der Waals surface area (Å²) in [7, 11) is -4.62. The average molecular weight is 1770 g/mol. The molecule has 0 bridgehead atoms. The molecule has 2 aliphatic rings. The van der Waals surface area contributed by atoms with Gasteiger partial charge in [0.25, 0.3) is 16.0 Å². The van der Waals surface area contributed by atoms with E-state index in [0.717, 1.165) is 12.4 Å². The number of carbonyl (C=O) groups excluding carboxylic acids is 14. The smallest absolute Gasteiger partial charge is 0.305 e. The van der Waals surface area contributed by atoms with Crippen LogP contribution in [0.4, 0.5) is 5.82 Å². The number of unbranched alkanes of at least 4 members (excludes halogenated alkanes) is 2. The standard InChI is InChI=1S/C81H105N23O21S/c82-80(83)88-36-16-27-52-71(114)91-45-65(106)94-60(41-67(108)109)78(121)102-58(39-48-20-6-2-7-21-48)76(119)98-54(73(116)96-52)25-12-14-34-86-64(105)33-31-56(100-75(118)57(38-47-18-4-1-5-19-47)101-69(112)51-30-32-63(90-43-51)104-93-44-50-24-10-11-29-62(50)126(123,124)125)70(113)87-35-15-13-26-55-74(117)97-53(28-17-37-89-81(84)85)72(115)92-46-66(107)95-61(42-68(110)111)79(122)103-59(77(120)99-55)40-49-22-8-3-9-23-49/h1-11,18-24,29-30,32,43-44,52-61H,12-17,25-28,31,33-42,45-46H2,(H,86,105)(H,87,113)(H,90,104)(H,91,114)(H,92,115)(H,94,106)(H,95,107)(H,96,116)(H,97,117)(H,98,119)(H,99,120)(H,100,118)(H,101,112)(H,102,121)(H,103,122)(H,108,109)(H,110,111)(H4,82,83,88)(H4,84,85,89)(H,123,124,125)/t52-,53-,54?,55-,56?,57-,58+,59+,60-,61-/m0/s1. The number of carboxylic acids is 2. The second-order valence-corrected chi connectivity index (χ2v) is 30.7. The maximum atomic E-state index is 14.8. The summed E-state index contributed by atoms with van der Waals surface area (Å²) >= 11 is 0. The molecule has 0 aliphatic carbocycles. The number of rotatable bonds is 40. The van der Waals surface area contributed by atoms with Crippen molar-refractivity contribution in [1.82, 2.24) is 90.1 Å². The molecular formula is C81H105N23O21S. The lowest BCUT2D eigenvalue weighted by Gasteiger charge is -2.26. The number of hydrogen-bond donors (Lipinski definition) is 24. The molecule has 3 heterocycles. The van der Waals surface area contributed by atoms with Gasteiger partial charge in [0.1, 0.15) is 71.1 Å². The Labute approximate surface area is 723 Å². The van der Waals surface area contributed by atoms with E-state index < -0.39 is 215 Å². The molecule has 26 N–H and O–H groups in total. The zero-order valence-electron chi connectivity index (χ0n) is 68.5. The molecule has 5 aromatic rings. The Kier molecular flexibility index (Phi) is 39.7. The number of aliphatic carboxylic acids is 2. The Bertz CT molecular complexity index is 4830. The Balaban J connectivity index is 1.12. The van der Waals surface area contributed by atoms with Gasteiger partial charge >= 0.3 is 11.9 Å². The summed E-state index contributed by atoms with van der Waals surface area (Å²) in [6.07, 6.45) is -1.27. The number of pyridine rings is 1. The largest absolute Gasteiger partial charge is 0.481 e. The molecular weight excluding hydrogens is 1660 g/mol. The zero-order chi connectivity index (χ0) is 91.7. The number of anilines is 1. The van der Waals surface area contributed by atoms with Crippen molar-refractivity contribution in [3.8, 4) is 0 Å². The number of guanidine groups is 2. The van der Waals surface area contributed by atoms with Crippen molar-refractivity contribution in [3.05, 3.63) is 161 Å². The number of benzene rings is 4. The van der Waals surface area contributed by atoms with Gasteiger partial charge in [-0.15, -0.1) is 0 Å². The number of amides is 14. The highest BCUT2D eigenvalue weighted by molar-refractivity contribution is 7.86. The van der Waals surface area contributed by atoms with Gasteiger partial charge in [-0.2, -0.15) is 13.5 Å². The molecule has 2 aliphatic heterocycles. The SMILES string of the molecule is N=C(N)NCCC[C@@H]1NC(=O)C(CCCCNC(=O)CCC(NC(=O)[C@H](Cc2ccccc2)NC(=O)c2ccc(NN=Cc3ccccc3S(=O)(=O)O)nc2)C(=O)NCCCC[C@@H]2NC(=O)[C@@H](Cc3ccccc3)NC(=O)[C@H](CC(=O)O)NC(=O)CNC(=O)[C@H](CCCNC(=N)N)NC2=O)NC(=O)[C@@H](Cc2ccccc2)NC(=O)[C@H](CC(=O)O)NC(=O)CNC1=O. The first-order chi connectivity index (χ1) is 60.2. The molecule has 676 valence electrons. The molecule has 0 radical (unpaired) electrons. The molecule has 1 aromatic heterocycles. The first kappa shape index (κ1) is 98.6. The highest BCUT2D eigenvalue weighted by atomic mass is 32.2. The fraction of sp³-hybridized carbons (Fsp3) is 0.407. The van der Waals surface area contributed by atoms with Crippen LogP contribution in [-0.2, 0) is 101 Å².